The van der Waals surface area contributed by atoms with Crippen LogP contribution in [0.5, 0.6) is 0 Å². The number of hydrogen-bond donors (Lipinski definition) is 2. The average Bonchev–Trinajstić information content (AvgIpc) is 2.68. The normalized spacial score (nSPS) is 30.5. The molecule has 3 atom stereocenters. The van der Waals surface area contributed by atoms with Gasteiger partial charge in [-0.1, -0.05) is 0 Å². The highest BCUT2D eigenvalue weighted by atomic mass is 32.2. The smallest absolute Gasteiger partial charge is 0.312 e. The Balaban J connectivity index is 2.11. The number of β-amino-alcohol motifs (C(OH)–C–C–N with tert-alkyl or cyclic N) is 1. The first kappa shape index (κ1) is 16.0. The van der Waals surface area contributed by atoms with E-state index in [1.165, 1.54) is 11.8 Å². The molecule has 1 fully saturated rings. The van der Waals surface area contributed by atoms with Gasteiger partial charge in [-0.05, 0) is 31.2 Å². The van der Waals surface area contributed by atoms with Crippen LogP contribution < -0.4 is 4.90 Å². The molecule has 1 aliphatic carbocycles. The van der Waals surface area contributed by atoms with Crippen molar-refractivity contribution in [3.05, 3.63) is 23.3 Å². The molecule has 1 heterocycles. The van der Waals surface area contributed by atoms with Crippen LogP contribution in [-0.2, 0) is 0 Å². The third-order valence-electron chi connectivity index (χ3n) is 4.41. The van der Waals surface area contributed by atoms with E-state index < -0.39 is 24.3 Å². The Morgan fingerprint density at radius 3 is 2.64 bits per heavy atom. The molecule has 0 aromatic heterocycles. The zero-order valence-corrected chi connectivity index (χ0v) is 12.9. The molecule has 0 spiro atoms. The van der Waals surface area contributed by atoms with Crippen molar-refractivity contribution in [1.29, 1.82) is 0 Å². The van der Waals surface area contributed by atoms with Gasteiger partial charge in [0, 0.05) is 34.8 Å². The molecule has 0 bridgehead atoms. The Labute approximate surface area is 131 Å². The van der Waals surface area contributed by atoms with Gasteiger partial charge in [-0.15, -0.1) is 11.8 Å². The molecule has 122 valence electrons. The van der Waals surface area contributed by atoms with Crippen LogP contribution in [0.3, 0.4) is 0 Å². The summed E-state index contributed by atoms with van der Waals surface area (Å²) in [7, 11) is 0. The Morgan fingerprint density at radius 2 is 2.00 bits per heavy atom. The minimum atomic E-state index is -3.82. The number of piperidine rings is 1. The highest BCUT2D eigenvalue weighted by molar-refractivity contribution is 7.98. The molecule has 3 unspecified atom stereocenters. The zero-order valence-electron chi connectivity index (χ0n) is 12.1. The Hall–Kier alpha value is -0.920. The number of benzene rings is 1. The van der Waals surface area contributed by atoms with Gasteiger partial charge in [0.2, 0.25) is 0 Å². The molecule has 1 saturated heterocycles. The van der Waals surface area contributed by atoms with Gasteiger partial charge in [-0.3, -0.25) is 0 Å². The molecule has 7 heteroatoms. The van der Waals surface area contributed by atoms with Crippen molar-refractivity contribution in [2.24, 2.45) is 0 Å². The summed E-state index contributed by atoms with van der Waals surface area (Å²) in [6.45, 7) is 0.871. The minimum Gasteiger partial charge on any atom is -0.391 e. The summed E-state index contributed by atoms with van der Waals surface area (Å²) in [5, 5.41) is 19.7. The van der Waals surface area contributed by atoms with Crippen molar-refractivity contribution in [3.8, 4) is 0 Å². The van der Waals surface area contributed by atoms with Gasteiger partial charge < -0.3 is 15.1 Å². The van der Waals surface area contributed by atoms with Gasteiger partial charge >= 0.3 is 5.92 Å². The molecule has 1 aromatic carbocycles. The maximum absolute atomic E-state index is 14.4. The van der Waals surface area contributed by atoms with Crippen molar-refractivity contribution in [2.45, 2.75) is 42.0 Å². The number of aliphatic hydroxyl groups excluding tert-OH is 2. The van der Waals surface area contributed by atoms with Crippen molar-refractivity contribution < 1.29 is 23.4 Å². The predicted octanol–water partition coefficient (Wildman–Crippen LogP) is 3.06. The summed E-state index contributed by atoms with van der Waals surface area (Å²) in [5.41, 5.74) is 0.219. The molecule has 0 amide bonds. The number of anilines is 1. The van der Waals surface area contributed by atoms with E-state index in [0.717, 1.165) is 6.42 Å². The number of alkyl halides is 3. The second kappa shape index (κ2) is 5.62. The summed E-state index contributed by atoms with van der Waals surface area (Å²) < 4.78 is 42.3. The summed E-state index contributed by atoms with van der Waals surface area (Å²) in [6, 6.07) is 3.25. The average molecular weight is 333 g/mol. The molecule has 0 saturated carbocycles. The molecule has 3 rings (SSSR count). The third-order valence-corrected chi connectivity index (χ3v) is 5.21. The van der Waals surface area contributed by atoms with Gasteiger partial charge in [-0.25, -0.2) is 4.39 Å². The van der Waals surface area contributed by atoms with Crippen LogP contribution in [0.15, 0.2) is 17.0 Å². The lowest BCUT2D eigenvalue weighted by molar-refractivity contribution is -0.143. The lowest BCUT2D eigenvalue weighted by Crippen LogP contribution is -2.39. The maximum Gasteiger partial charge on any atom is 0.312 e. The highest BCUT2D eigenvalue weighted by Gasteiger charge is 2.58. The second-order valence-electron chi connectivity index (χ2n) is 5.80. The largest absolute Gasteiger partial charge is 0.391 e. The van der Waals surface area contributed by atoms with Crippen molar-refractivity contribution in [2.75, 3.05) is 24.2 Å². The SMILES string of the molecule is CSc1ccc(N2CCCC(O)C2)c2c1C(O)C(F)(F)C2F. The minimum absolute atomic E-state index is 0.0115. The van der Waals surface area contributed by atoms with E-state index in [0.29, 0.717) is 30.1 Å². The van der Waals surface area contributed by atoms with Crippen LogP contribution in [0.2, 0.25) is 0 Å². The molecule has 22 heavy (non-hydrogen) atoms. The van der Waals surface area contributed by atoms with Gasteiger partial charge in [-0.2, -0.15) is 8.78 Å². The number of thioether (sulfide) groups is 1. The van der Waals surface area contributed by atoms with E-state index in [1.54, 1.807) is 23.3 Å². The quantitative estimate of drug-likeness (QED) is 0.817. The molecule has 0 radical (unpaired) electrons. The number of fused-ring (bicyclic) bond motifs is 1. The first-order valence-corrected chi connectivity index (χ1v) is 8.44. The van der Waals surface area contributed by atoms with Crippen molar-refractivity contribution in [1.82, 2.24) is 0 Å². The molecule has 2 N–H and O–H groups in total. The molecule has 1 aromatic rings. The predicted molar refractivity (Wildman–Crippen MR) is 79.4 cm³/mol. The number of hydrogen-bond acceptors (Lipinski definition) is 4. The van der Waals surface area contributed by atoms with Gasteiger partial charge in [0.05, 0.1) is 6.10 Å². The fraction of sp³-hybridized carbons (Fsp3) is 0.600. The molecule has 1 aliphatic heterocycles. The van der Waals surface area contributed by atoms with Crippen molar-refractivity contribution >= 4 is 17.4 Å². The fourth-order valence-corrected chi connectivity index (χ4v) is 3.95. The summed E-state index contributed by atoms with van der Waals surface area (Å²) >= 11 is 1.21. The number of rotatable bonds is 2. The molecule has 3 nitrogen and oxygen atoms in total. The Morgan fingerprint density at radius 1 is 1.27 bits per heavy atom. The molecular weight excluding hydrogens is 315 g/mol. The Bertz CT molecular complexity index is 584. The van der Waals surface area contributed by atoms with Crippen LogP contribution in [0.1, 0.15) is 36.2 Å². The van der Waals surface area contributed by atoms with Crippen molar-refractivity contribution in [3.63, 3.8) is 0 Å². The van der Waals surface area contributed by atoms with E-state index in [4.69, 9.17) is 0 Å². The van der Waals surface area contributed by atoms with Crippen LogP contribution in [0, 0.1) is 0 Å². The number of aliphatic hydroxyl groups is 2. The lowest BCUT2D eigenvalue weighted by Gasteiger charge is -2.34. The van der Waals surface area contributed by atoms with E-state index in [-0.39, 0.29) is 11.1 Å². The summed E-state index contributed by atoms with van der Waals surface area (Å²) in [6.07, 6.45) is -2.13. The highest BCUT2D eigenvalue weighted by Crippen LogP contribution is 2.57. The van der Waals surface area contributed by atoms with Gasteiger partial charge in [0.1, 0.15) is 6.10 Å². The first-order chi connectivity index (χ1) is 10.4. The summed E-state index contributed by atoms with van der Waals surface area (Å²) in [4.78, 5) is 2.20. The van der Waals surface area contributed by atoms with E-state index in [2.05, 4.69) is 0 Å². The van der Waals surface area contributed by atoms with Crippen LogP contribution in [0.25, 0.3) is 0 Å². The monoisotopic (exact) mass is 333 g/mol. The van der Waals surface area contributed by atoms with Gasteiger partial charge in [0.25, 0.3) is 0 Å². The molecule has 2 aliphatic rings. The fourth-order valence-electron chi connectivity index (χ4n) is 3.30. The lowest BCUT2D eigenvalue weighted by atomic mass is 10.0. The zero-order chi connectivity index (χ0) is 16.1. The van der Waals surface area contributed by atoms with E-state index in [9.17, 15) is 23.4 Å². The van der Waals surface area contributed by atoms with Crippen LogP contribution >= 0.6 is 11.8 Å². The summed E-state index contributed by atoms with van der Waals surface area (Å²) in [5.74, 6) is -3.82. The Kier molecular flexibility index (Phi) is 4.07. The topological polar surface area (TPSA) is 43.7 Å². The molecular formula is C15H18F3NO2S. The maximum atomic E-state index is 14.4. The standard InChI is InChI=1S/C15H18F3NO2S/c1-22-10-5-4-9(19-6-2-3-8(20)7-19)11-12(10)14(21)15(17,18)13(11)16/h4-5,8,13-14,20-21H,2-3,6-7H2,1H3. The number of nitrogens with zero attached hydrogens (tertiary/aromatic N) is 1. The van der Waals surface area contributed by atoms with E-state index >= 15 is 0 Å². The van der Waals surface area contributed by atoms with E-state index in [1.807, 2.05) is 0 Å². The van der Waals surface area contributed by atoms with Crippen LogP contribution in [0.4, 0.5) is 18.9 Å². The van der Waals surface area contributed by atoms with Crippen LogP contribution in [-0.4, -0.2) is 41.6 Å². The van der Waals surface area contributed by atoms with Gasteiger partial charge in [0.15, 0.2) is 6.17 Å². The first-order valence-electron chi connectivity index (χ1n) is 7.21. The second-order valence-corrected chi connectivity index (χ2v) is 6.64. The third kappa shape index (κ3) is 2.30. The number of halogens is 3.